The molecular weight excluding hydrogens is 543 g/mol. The Morgan fingerprint density at radius 2 is 1.98 bits per heavy atom. The van der Waals surface area contributed by atoms with Crippen LogP contribution in [-0.4, -0.2) is 47.2 Å². The summed E-state index contributed by atoms with van der Waals surface area (Å²) in [6, 6.07) is 6.36. The zero-order chi connectivity index (χ0) is 29.6. The summed E-state index contributed by atoms with van der Waals surface area (Å²) in [7, 11) is 1.54. The highest BCUT2D eigenvalue weighted by Gasteiger charge is 2.70. The maximum absolute atomic E-state index is 13.7. The van der Waals surface area contributed by atoms with Crippen molar-refractivity contribution in [1.82, 2.24) is 0 Å². The van der Waals surface area contributed by atoms with Crippen molar-refractivity contribution in [2.24, 2.45) is 28.6 Å². The van der Waals surface area contributed by atoms with Crippen molar-refractivity contribution >= 4 is 34.7 Å². The second-order valence-corrected chi connectivity index (χ2v) is 13.5. The molecule has 4 aliphatic carbocycles. The first-order valence-electron chi connectivity index (χ1n) is 14.6. The van der Waals surface area contributed by atoms with Gasteiger partial charge < -0.3 is 20.0 Å². The average molecular weight is 586 g/mol. The lowest BCUT2D eigenvalue weighted by Crippen LogP contribution is -2.76. The fourth-order valence-electron chi connectivity index (χ4n) is 8.76. The number of halogens is 1. The molecule has 3 fully saturated rings. The number of esters is 1. The number of nitrogens with one attached hydrogen (secondary N) is 1. The number of ether oxygens (including phenoxy) is 2. The molecule has 0 saturated heterocycles. The lowest BCUT2D eigenvalue weighted by Gasteiger charge is -2.60. The van der Waals surface area contributed by atoms with E-state index in [9.17, 15) is 19.1 Å². The zero-order valence-corrected chi connectivity index (χ0v) is 25.2. The van der Waals surface area contributed by atoms with Crippen molar-refractivity contribution in [3.63, 3.8) is 0 Å². The number of benzene rings is 1. The third kappa shape index (κ3) is 4.92. The Labute approximate surface area is 245 Å². The van der Waals surface area contributed by atoms with Crippen molar-refractivity contribution in [2.75, 3.05) is 13.0 Å². The number of aliphatic hydroxyl groups is 1. The number of carbonyl (C=O) groups is 2. The van der Waals surface area contributed by atoms with E-state index in [1.165, 1.54) is 31.0 Å². The van der Waals surface area contributed by atoms with E-state index in [0.29, 0.717) is 19.3 Å². The van der Waals surface area contributed by atoms with Crippen LogP contribution >= 0.6 is 11.8 Å². The van der Waals surface area contributed by atoms with Gasteiger partial charge in [-0.25, -0.2) is 4.39 Å². The fourth-order valence-corrected chi connectivity index (χ4v) is 9.59. The molecule has 3 saturated carbocycles. The second kappa shape index (κ2) is 11.4. The van der Waals surface area contributed by atoms with Gasteiger partial charge in [-0.1, -0.05) is 38.1 Å². The highest BCUT2D eigenvalue weighted by molar-refractivity contribution is 8.13. The Bertz CT molecular complexity index is 1280. The number of hydrogen-bond acceptors (Lipinski definition) is 7. The Hall–Kier alpha value is -2.33. The molecule has 0 spiro atoms. The molecule has 222 valence electrons. The number of quaternary nitrogens is 1. The summed E-state index contributed by atoms with van der Waals surface area (Å²) < 4.78 is 24.7. The Balaban J connectivity index is 1.47. The van der Waals surface area contributed by atoms with Gasteiger partial charge in [-0.2, -0.15) is 0 Å². The summed E-state index contributed by atoms with van der Waals surface area (Å²) in [6.07, 6.45) is 7.03. The van der Waals surface area contributed by atoms with E-state index in [2.05, 4.69) is 13.0 Å². The first kappa shape index (κ1) is 30.1. The van der Waals surface area contributed by atoms with Crippen LogP contribution < -0.4 is 5.32 Å². The van der Waals surface area contributed by atoms with Crippen LogP contribution in [0.4, 0.5) is 10.1 Å². The average Bonchev–Trinajstić information content (AvgIpc) is 3.24. The van der Waals surface area contributed by atoms with E-state index in [1.54, 1.807) is 19.1 Å². The molecule has 2 unspecified atom stereocenters. The van der Waals surface area contributed by atoms with Crippen molar-refractivity contribution < 1.29 is 33.9 Å². The molecule has 7 nitrogen and oxygen atoms in total. The Morgan fingerprint density at radius 3 is 2.63 bits per heavy atom. The number of rotatable bonds is 8. The largest absolute Gasteiger partial charge is 0.449 e. The van der Waals surface area contributed by atoms with Crippen molar-refractivity contribution in [3.8, 4) is 0 Å². The van der Waals surface area contributed by atoms with Gasteiger partial charge in [-0.05, 0) is 79.9 Å². The molecule has 7 atom stereocenters. The molecule has 0 radical (unpaired) electrons. The molecule has 4 N–H and O–H groups in total. The topological polar surface area (TPSA) is 113 Å². The third-order valence-electron chi connectivity index (χ3n) is 10.6. The summed E-state index contributed by atoms with van der Waals surface area (Å²) >= 11 is 1.05. The molecule has 0 bridgehead atoms. The molecule has 0 heterocycles. The molecular formula is C32H42FN2O5S+. The summed E-state index contributed by atoms with van der Waals surface area (Å²) in [6.45, 7) is 6.00. The molecule has 0 amide bonds. The van der Waals surface area contributed by atoms with Gasteiger partial charge in [0.15, 0.2) is 5.60 Å². The Kier molecular flexibility index (Phi) is 8.38. The number of methoxy groups -OCH3 is 1. The molecule has 1 aromatic rings. The predicted molar refractivity (Wildman–Crippen MR) is 156 cm³/mol. The number of thioether (sulfide) groups is 1. The lowest BCUT2D eigenvalue weighted by molar-refractivity contribution is -0.513. The summed E-state index contributed by atoms with van der Waals surface area (Å²) in [5, 5.41) is 22.0. The van der Waals surface area contributed by atoms with Crippen LogP contribution in [-0.2, 0) is 19.1 Å². The van der Waals surface area contributed by atoms with E-state index in [-0.39, 0.29) is 46.5 Å². The number of carbonyl (C=O) groups excluding carboxylic acids is 2. The van der Waals surface area contributed by atoms with Crippen molar-refractivity contribution in [1.29, 1.82) is 5.41 Å². The fraction of sp³-hybridized carbons (Fsp3) is 0.594. The van der Waals surface area contributed by atoms with Crippen LogP contribution in [0.3, 0.4) is 0 Å². The first-order valence-corrected chi connectivity index (χ1v) is 15.6. The SMILES string of the molecule is CCC(=O)O[C@]1(C(=O)SCOC)CCC2[C@@H]3CCC4=CC([NH2+]c5ccc(F)cc5)=C(C=N)C[C@]4(C)C3[C@@H](O)C[C@@]21C. The van der Waals surface area contributed by atoms with E-state index in [0.717, 1.165) is 48.0 Å². The van der Waals surface area contributed by atoms with Crippen LogP contribution in [0.5, 0.6) is 0 Å². The van der Waals surface area contributed by atoms with Gasteiger partial charge in [-0.15, -0.1) is 0 Å². The first-order chi connectivity index (χ1) is 19.5. The van der Waals surface area contributed by atoms with E-state index < -0.39 is 23.1 Å². The number of hydrogen-bond donors (Lipinski definition) is 3. The number of fused-ring (bicyclic) bond motifs is 5. The molecule has 1 aromatic carbocycles. The molecule has 0 aromatic heterocycles. The van der Waals surface area contributed by atoms with Gasteiger partial charge in [0.05, 0.1) is 12.0 Å². The zero-order valence-electron chi connectivity index (χ0n) is 24.4. The number of allylic oxidation sites excluding steroid dienone is 3. The summed E-state index contributed by atoms with van der Waals surface area (Å²) in [5.41, 5.74) is 1.68. The van der Waals surface area contributed by atoms with Gasteiger partial charge in [0.25, 0.3) is 0 Å². The van der Waals surface area contributed by atoms with Crippen LogP contribution in [0.25, 0.3) is 0 Å². The molecule has 4 aliphatic rings. The molecule has 9 heteroatoms. The highest BCUT2D eigenvalue weighted by atomic mass is 32.2. The van der Waals surface area contributed by atoms with Crippen LogP contribution in [0.2, 0.25) is 0 Å². The molecule has 0 aliphatic heterocycles. The third-order valence-corrected chi connectivity index (χ3v) is 11.6. The second-order valence-electron chi connectivity index (χ2n) is 12.6. The highest BCUT2D eigenvalue weighted by Crippen LogP contribution is 2.69. The number of nitrogens with two attached hydrogens (primary N) is 1. The summed E-state index contributed by atoms with van der Waals surface area (Å²) in [4.78, 5) is 26.4. The summed E-state index contributed by atoms with van der Waals surface area (Å²) in [5.74, 6) is -0.263. The molecule has 5 rings (SSSR count). The van der Waals surface area contributed by atoms with Crippen molar-refractivity contribution in [2.45, 2.75) is 77.4 Å². The minimum atomic E-state index is -1.29. The monoisotopic (exact) mass is 585 g/mol. The predicted octanol–water partition coefficient (Wildman–Crippen LogP) is 5.02. The Morgan fingerprint density at radius 1 is 1.24 bits per heavy atom. The maximum atomic E-state index is 13.7. The van der Waals surface area contributed by atoms with Gasteiger partial charge in [0.2, 0.25) is 5.12 Å². The van der Waals surface area contributed by atoms with Crippen LogP contribution in [0.15, 0.2) is 47.2 Å². The lowest BCUT2D eigenvalue weighted by atomic mass is 9.45. The van der Waals surface area contributed by atoms with Crippen LogP contribution in [0.1, 0.15) is 65.7 Å². The minimum absolute atomic E-state index is 0.0395. The smallest absolute Gasteiger partial charge is 0.306 e. The molecule has 41 heavy (non-hydrogen) atoms. The van der Waals surface area contributed by atoms with Gasteiger partial charge in [0, 0.05) is 42.9 Å². The standard InChI is InChI=1S/C32H41FN2O5S/c1-5-27(37)40-32(29(38)41-18-39-4)13-12-24-23-11-6-20-14-25(35-22-9-7-21(33)8-10-22)19(17-34)15-30(20,2)28(23)26(36)16-31(24,32)3/h7-10,14,17,23-24,26,28,34-36H,5-6,11-13,15-16,18H2,1-4H3/p+1/t23-,24?,26-,28?,30-,31-,32-/m0/s1. The van der Waals surface area contributed by atoms with Gasteiger partial charge >= 0.3 is 5.97 Å². The van der Waals surface area contributed by atoms with Crippen LogP contribution in [0, 0.1) is 39.8 Å². The van der Waals surface area contributed by atoms with Gasteiger partial charge in [0.1, 0.15) is 17.2 Å². The van der Waals surface area contributed by atoms with Crippen molar-refractivity contribution in [3.05, 3.63) is 53.0 Å². The quantitative estimate of drug-likeness (QED) is 0.171. The maximum Gasteiger partial charge on any atom is 0.306 e. The normalized spacial score (nSPS) is 36.1. The minimum Gasteiger partial charge on any atom is -0.449 e. The van der Waals surface area contributed by atoms with E-state index in [4.69, 9.17) is 14.9 Å². The number of aliphatic hydroxyl groups excluding tert-OH is 1. The van der Waals surface area contributed by atoms with E-state index >= 15 is 0 Å². The van der Waals surface area contributed by atoms with Gasteiger partial charge in [-0.3, -0.25) is 14.9 Å². The van der Waals surface area contributed by atoms with E-state index in [1.807, 2.05) is 12.2 Å².